The van der Waals surface area contributed by atoms with Crippen molar-refractivity contribution in [1.82, 2.24) is 14.5 Å². The summed E-state index contributed by atoms with van der Waals surface area (Å²) in [6, 6.07) is 5.23. The van der Waals surface area contributed by atoms with Crippen LogP contribution >= 0.6 is 0 Å². The Hall–Kier alpha value is -1.86. The third-order valence-electron chi connectivity index (χ3n) is 3.67. The summed E-state index contributed by atoms with van der Waals surface area (Å²) in [5.74, 6) is 0. The highest BCUT2D eigenvalue weighted by atomic mass is 32.2. The van der Waals surface area contributed by atoms with Crippen molar-refractivity contribution in [3.63, 3.8) is 0 Å². The highest BCUT2D eigenvalue weighted by Gasteiger charge is 2.18. The van der Waals surface area contributed by atoms with Gasteiger partial charge in [0, 0.05) is 37.6 Å². The number of hydrogen-bond donors (Lipinski definition) is 2. The summed E-state index contributed by atoms with van der Waals surface area (Å²) in [6.07, 6.45) is 2.76. The Kier molecular flexibility index (Phi) is 3.46. The number of rotatable bonds is 4. The van der Waals surface area contributed by atoms with E-state index in [-0.39, 0.29) is 11.4 Å². The van der Waals surface area contributed by atoms with Gasteiger partial charge in [-0.1, -0.05) is 6.07 Å². The standard InChI is InChI=1S/C14H18N4O2S/c1-10-12(9-18(2)17-10)8-16-21(19,20)13-4-3-11-5-6-15-14(11)7-13/h3-4,7,9,15-16H,5-6,8H2,1-2H3. The number of nitrogens with zero attached hydrogens (tertiary/aromatic N) is 2. The van der Waals surface area contributed by atoms with Gasteiger partial charge in [0.2, 0.25) is 10.0 Å². The first-order valence-corrected chi connectivity index (χ1v) is 8.29. The molecule has 0 saturated carbocycles. The number of benzene rings is 1. The van der Waals surface area contributed by atoms with Gasteiger partial charge in [-0.15, -0.1) is 0 Å². The number of fused-ring (bicyclic) bond motifs is 1. The predicted molar refractivity (Wildman–Crippen MR) is 80.6 cm³/mol. The molecule has 0 spiro atoms. The Balaban J connectivity index is 1.79. The third kappa shape index (κ3) is 2.79. The van der Waals surface area contributed by atoms with Crippen molar-refractivity contribution in [1.29, 1.82) is 0 Å². The van der Waals surface area contributed by atoms with Gasteiger partial charge in [-0.3, -0.25) is 4.68 Å². The lowest BCUT2D eigenvalue weighted by atomic mass is 10.2. The lowest BCUT2D eigenvalue weighted by Crippen LogP contribution is -2.23. The molecule has 0 fully saturated rings. The van der Waals surface area contributed by atoms with E-state index in [1.165, 1.54) is 0 Å². The molecule has 0 unspecified atom stereocenters. The zero-order chi connectivity index (χ0) is 15.0. The number of aromatic nitrogens is 2. The number of anilines is 1. The summed E-state index contributed by atoms with van der Waals surface area (Å²) in [5, 5.41) is 7.40. The highest BCUT2D eigenvalue weighted by molar-refractivity contribution is 7.89. The molecule has 2 N–H and O–H groups in total. The topological polar surface area (TPSA) is 76.0 Å². The van der Waals surface area contributed by atoms with Gasteiger partial charge in [0.1, 0.15) is 0 Å². The first-order valence-electron chi connectivity index (χ1n) is 6.81. The van der Waals surface area contributed by atoms with Gasteiger partial charge < -0.3 is 5.32 Å². The Bertz CT molecular complexity index is 780. The summed E-state index contributed by atoms with van der Waals surface area (Å²) < 4.78 is 29.0. The molecule has 0 radical (unpaired) electrons. The molecule has 1 aliphatic heterocycles. The fraction of sp³-hybridized carbons (Fsp3) is 0.357. The molecule has 2 aromatic rings. The van der Waals surface area contributed by atoms with Crippen molar-refractivity contribution >= 4 is 15.7 Å². The van der Waals surface area contributed by atoms with Crippen molar-refractivity contribution in [2.24, 2.45) is 7.05 Å². The maximum Gasteiger partial charge on any atom is 0.240 e. The van der Waals surface area contributed by atoms with Gasteiger partial charge in [-0.25, -0.2) is 13.1 Å². The maximum absolute atomic E-state index is 12.4. The molecule has 0 aliphatic carbocycles. The lowest BCUT2D eigenvalue weighted by molar-refractivity contribution is 0.581. The molecule has 2 heterocycles. The SMILES string of the molecule is Cc1nn(C)cc1CNS(=O)(=O)c1ccc2c(c1)NCC2. The third-order valence-corrected chi connectivity index (χ3v) is 5.07. The smallest absolute Gasteiger partial charge is 0.240 e. The molecule has 1 aromatic heterocycles. The van der Waals surface area contributed by atoms with Crippen LogP contribution in [0.15, 0.2) is 29.3 Å². The zero-order valence-electron chi connectivity index (χ0n) is 12.0. The Labute approximate surface area is 124 Å². The van der Waals surface area contributed by atoms with Gasteiger partial charge in [0.25, 0.3) is 0 Å². The van der Waals surface area contributed by atoms with Crippen LogP contribution in [-0.4, -0.2) is 24.7 Å². The Morgan fingerprint density at radius 1 is 1.43 bits per heavy atom. The van der Waals surface area contributed by atoms with E-state index in [0.717, 1.165) is 35.5 Å². The Morgan fingerprint density at radius 2 is 2.24 bits per heavy atom. The van der Waals surface area contributed by atoms with E-state index in [4.69, 9.17) is 0 Å². The second-order valence-corrected chi connectivity index (χ2v) is 7.00. The predicted octanol–water partition coefficient (Wildman–Crippen LogP) is 1.18. The van der Waals surface area contributed by atoms with Crippen LogP contribution in [0.1, 0.15) is 16.8 Å². The van der Waals surface area contributed by atoms with Crippen LogP contribution in [0.3, 0.4) is 0 Å². The molecule has 0 saturated heterocycles. The zero-order valence-corrected chi connectivity index (χ0v) is 12.9. The molecular weight excluding hydrogens is 288 g/mol. The van der Waals surface area contributed by atoms with E-state index in [1.54, 1.807) is 16.8 Å². The minimum absolute atomic E-state index is 0.243. The van der Waals surface area contributed by atoms with Gasteiger partial charge in [-0.05, 0) is 31.0 Å². The number of nitrogens with one attached hydrogen (secondary N) is 2. The first kappa shape index (κ1) is 14.1. The van der Waals surface area contributed by atoms with Crippen LogP contribution in [0.25, 0.3) is 0 Å². The minimum Gasteiger partial charge on any atom is -0.384 e. The molecule has 0 amide bonds. The molecule has 0 bridgehead atoms. The molecule has 112 valence electrons. The molecule has 21 heavy (non-hydrogen) atoms. The molecule has 1 aromatic carbocycles. The molecule has 7 heteroatoms. The van der Waals surface area contributed by atoms with E-state index in [9.17, 15) is 8.42 Å². The molecule has 1 aliphatic rings. The van der Waals surface area contributed by atoms with Gasteiger partial charge >= 0.3 is 0 Å². The summed E-state index contributed by atoms with van der Waals surface area (Å²) >= 11 is 0. The number of sulfonamides is 1. The van der Waals surface area contributed by atoms with E-state index >= 15 is 0 Å². The van der Waals surface area contributed by atoms with Crippen LogP contribution in [0.4, 0.5) is 5.69 Å². The van der Waals surface area contributed by atoms with Crippen LogP contribution in [0, 0.1) is 6.92 Å². The average Bonchev–Trinajstić information content (AvgIpc) is 3.01. The van der Waals surface area contributed by atoms with Crippen molar-refractivity contribution < 1.29 is 8.42 Å². The summed E-state index contributed by atoms with van der Waals surface area (Å²) in [5.41, 5.74) is 3.78. The van der Waals surface area contributed by atoms with Crippen LogP contribution in [0.5, 0.6) is 0 Å². The second-order valence-electron chi connectivity index (χ2n) is 5.23. The van der Waals surface area contributed by atoms with Crippen LogP contribution in [-0.2, 0) is 30.0 Å². The van der Waals surface area contributed by atoms with Gasteiger partial charge in [0.05, 0.1) is 10.6 Å². The van der Waals surface area contributed by atoms with Gasteiger partial charge in [0.15, 0.2) is 0 Å². The summed E-state index contributed by atoms with van der Waals surface area (Å²) in [4.78, 5) is 0.289. The van der Waals surface area contributed by atoms with Gasteiger partial charge in [-0.2, -0.15) is 5.10 Å². The first-order chi connectivity index (χ1) is 9.95. The minimum atomic E-state index is -3.51. The van der Waals surface area contributed by atoms with Crippen molar-refractivity contribution in [2.75, 3.05) is 11.9 Å². The van der Waals surface area contributed by atoms with Crippen LogP contribution < -0.4 is 10.0 Å². The van der Waals surface area contributed by atoms with E-state index in [2.05, 4.69) is 15.1 Å². The molecular formula is C14H18N4O2S. The van der Waals surface area contributed by atoms with Crippen molar-refractivity contribution in [2.45, 2.75) is 24.8 Å². The Morgan fingerprint density at radius 3 is 2.95 bits per heavy atom. The number of hydrogen-bond acceptors (Lipinski definition) is 4. The fourth-order valence-corrected chi connectivity index (χ4v) is 3.55. The maximum atomic E-state index is 12.4. The quantitative estimate of drug-likeness (QED) is 0.889. The number of aryl methyl sites for hydroxylation is 2. The van der Waals surface area contributed by atoms with E-state index in [0.29, 0.717) is 0 Å². The average molecular weight is 306 g/mol. The lowest BCUT2D eigenvalue weighted by Gasteiger charge is -2.08. The normalized spacial score (nSPS) is 14.0. The van der Waals surface area contributed by atoms with Crippen molar-refractivity contribution in [3.8, 4) is 0 Å². The molecule has 6 nitrogen and oxygen atoms in total. The molecule has 3 rings (SSSR count). The van der Waals surface area contributed by atoms with E-state index in [1.807, 2.05) is 26.2 Å². The summed E-state index contributed by atoms with van der Waals surface area (Å²) in [6.45, 7) is 2.97. The van der Waals surface area contributed by atoms with Crippen molar-refractivity contribution in [3.05, 3.63) is 41.2 Å². The second kappa shape index (κ2) is 5.16. The highest BCUT2D eigenvalue weighted by Crippen LogP contribution is 2.25. The largest absolute Gasteiger partial charge is 0.384 e. The monoisotopic (exact) mass is 306 g/mol. The van der Waals surface area contributed by atoms with Crippen LogP contribution in [0.2, 0.25) is 0 Å². The fourth-order valence-electron chi connectivity index (χ4n) is 2.52. The van der Waals surface area contributed by atoms with E-state index < -0.39 is 10.0 Å². The molecule has 0 atom stereocenters. The summed E-state index contributed by atoms with van der Waals surface area (Å²) in [7, 11) is -1.70.